The smallest absolute Gasteiger partial charge is 0.276 e. The van der Waals surface area contributed by atoms with Gasteiger partial charge in [0.05, 0.1) is 5.92 Å². The molecule has 0 radical (unpaired) electrons. The summed E-state index contributed by atoms with van der Waals surface area (Å²) in [6.45, 7) is 1.09. The van der Waals surface area contributed by atoms with Crippen molar-refractivity contribution in [2.75, 3.05) is 13.1 Å². The second kappa shape index (κ2) is 10.1. The minimum Gasteiger partial charge on any atom is -0.368 e. The van der Waals surface area contributed by atoms with Gasteiger partial charge < -0.3 is 15.2 Å². The van der Waals surface area contributed by atoms with E-state index in [1.165, 1.54) is 0 Å². The van der Waals surface area contributed by atoms with Gasteiger partial charge in [-0.1, -0.05) is 41.1 Å². The molecule has 0 fully saturated rings. The van der Waals surface area contributed by atoms with Crippen LogP contribution in [0.2, 0.25) is 5.02 Å². The van der Waals surface area contributed by atoms with Crippen LogP contribution in [0.15, 0.2) is 74.7 Å². The summed E-state index contributed by atoms with van der Waals surface area (Å²) in [5.74, 6) is 0.729. The monoisotopic (exact) mass is 452 g/mol. The first-order valence-corrected chi connectivity index (χ1v) is 10.6. The first kappa shape index (κ1) is 21.6. The van der Waals surface area contributed by atoms with E-state index in [9.17, 15) is 9.59 Å². The molecule has 1 aromatic heterocycles. The molecule has 9 nitrogen and oxygen atoms in total. The van der Waals surface area contributed by atoms with Crippen LogP contribution in [0.3, 0.4) is 0 Å². The Bertz CT molecular complexity index is 1120. The van der Waals surface area contributed by atoms with Crippen LogP contribution in [-0.4, -0.2) is 35.0 Å². The molecular weight excluding hydrogens is 432 g/mol. The van der Waals surface area contributed by atoms with Crippen molar-refractivity contribution in [2.24, 2.45) is 16.1 Å². The number of halogens is 1. The van der Waals surface area contributed by atoms with Crippen LogP contribution in [0.25, 0.3) is 11.4 Å². The van der Waals surface area contributed by atoms with Gasteiger partial charge in [-0.25, -0.2) is 0 Å². The molecule has 1 unspecified atom stereocenters. The molecule has 2 aromatic rings. The lowest BCUT2D eigenvalue weighted by molar-refractivity contribution is -0.121. The molecule has 4 rings (SSSR count). The van der Waals surface area contributed by atoms with E-state index < -0.39 is 0 Å². The van der Waals surface area contributed by atoms with Crippen LogP contribution in [0.1, 0.15) is 18.7 Å². The van der Waals surface area contributed by atoms with Gasteiger partial charge in [-0.05, 0) is 30.7 Å². The van der Waals surface area contributed by atoms with Crippen molar-refractivity contribution in [3.8, 4) is 11.4 Å². The summed E-state index contributed by atoms with van der Waals surface area (Å²) in [5.41, 5.74) is 1.61. The van der Waals surface area contributed by atoms with Crippen molar-refractivity contribution in [3.63, 3.8) is 0 Å². The molecule has 0 bridgehead atoms. The van der Waals surface area contributed by atoms with E-state index >= 15 is 0 Å². The Morgan fingerprint density at radius 3 is 2.81 bits per heavy atom. The fraction of sp³-hybridized carbons (Fsp3) is 0.273. The molecule has 2 heterocycles. The van der Waals surface area contributed by atoms with E-state index in [1.807, 2.05) is 30.4 Å². The maximum atomic E-state index is 12.1. The van der Waals surface area contributed by atoms with Crippen LogP contribution in [0, 0.1) is 5.92 Å². The molecule has 1 aliphatic heterocycles. The predicted molar refractivity (Wildman–Crippen MR) is 117 cm³/mol. The Morgan fingerprint density at radius 1 is 1.12 bits per heavy atom. The number of rotatable bonds is 9. The van der Waals surface area contributed by atoms with Gasteiger partial charge in [0.25, 0.3) is 5.91 Å². The molecule has 1 aromatic carbocycles. The maximum Gasteiger partial charge on any atom is 0.276 e. The number of nitrogens with one attached hydrogen (secondary N) is 2. The fourth-order valence-electron chi connectivity index (χ4n) is 3.24. The van der Waals surface area contributed by atoms with Gasteiger partial charge in [-0.2, -0.15) is 4.98 Å². The number of fused-ring (bicyclic) bond motifs is 1. The normalized spacial score (nSPS) is 16.9. The largest absolute Gasteiger partial charge is 0.368 e. The highest BCUT2D eigenvalue weighted by atomic mass is 35.5. The SMILES string of the molecule is O=C(CCc1nc(-c2ccc(Cl)cc2)no1)NCCCNC1=C2C=CC=CC2C(=O)N=N1. The minimum absolute atomic E-state index is 0.0957. The molecule has 1 atom stereocenters. The van der Waals surface area contributed by atoms with Crippen molar-refractivity contribution >= 4 is 23.4 Å². The van der Waals surface area contributed by atoms with Crippen molar-refractivity contribution in [1.29, 1.82) is 0 Å². The first-order valence-electron chi connectivity index (χ1n) is 10.2. The molecule has 1 aliphatic carbocycles. The summed E-state index contributed by atoms with van der Waals surface area (Å²) in [7, 11) is 0. The summed E-state index contributed by atoms with van der Waals surface area (Å²) >= 11 is 5.88. The van der Waals surface area contributed by atoms with Gasteiger partial charge >= 0.3 is 0 Å². The number of carbonyl (C=O) groups is 2. The zero-order chi connectivity index (χ0) is 22.3. The third-order valence-corrected chi connectivity index (χ3v) is 5.17. The predicted octanol–water partition coefficient (Wildman–Crippen LogP) is 3.36. The van der Waals surface area contributed by atoms with Gasteiger partial charge in [-0.3, -0.25) is 9.59 Å². The Kier molecular flexibility index (Phi) is 6.86. The molecular formula is C22H21ClN6O3. The number of hydrogen-bond acceptors (Lipinski definition) is 7. The number of nitrogens with zero attached hydrogens (tertiary/aromatic N) is 4. The lowest BCUT2D eigenvalue weighted by Gasteiger charge is -2.20. The van der Waals surface area contributed by atoms with Crippen molar-refractivity contribution in [2.45, 2.75) is 19.3 Å². The van der Waals surface area contributed by atoms with Gasteiger partial charge in [-0.15, -0.1) is 10.2 Å². The van der Waals surface area contributed by atoms with Gasteiger partial charge in [0, 0.05) is 42.1 Å². The average molecular weight is 453 g/mol. The molecule has 10 heteroatoms. The van der Waals surface area contributed by atoms with Crippen LogP contribution >= 0.6 is 11.6 Å². The second-order valence-corrected chi connectivity index (χ2v) is 7.65. The Hall–Kier alpha value is -3.59. The highest BCUT2D eigenvalue weighted by Gasteiger charge is 2.26. The first-order chi connectivity index (χ1) is 15.6. The number of aryl methyl sites for hydroxylation is 1. The van der Waals surface area contributed by atoms with E-state index in [-0.39, 0.29) is 24.2 Å². The van der Waals surface area contributed by atoms with Gasteiger partial charge in [0.2, 0.25) is 17.6 Å². The standard InChI is InChI=1S/C22H21ClN6O3/c23-15-8-6-14(7-9-15)20-26-19(32-29-20)11-10-18(30)24-12-3-13-25-21-16-4-1-2-5-17(16)22(31)28-27-21/h1-2,4-9,17,25H,3,10-13H2,(H,24,30). The Labute approximate surface area is 189 Å². The summed E-state index contributed by atoms with van der Waals surface area (Å²) in [5, 5.41) is 18.3. The van der Waals surface area contributed by atoms with Crippen LogP contribution in [0.4, 0.5) is 0 Å². The van der Waals surface area contributed by atoms with Crippen LogP contribution in [-0.2, 0) is 16.0 Å². The summed E-state index contributed by atoms with van der Waals surface area (Å²) < 4.78 is 5.22. The Morgan fingerprint density at radius 2 is 1.97 bits per heavy atom. The fourth-order valence-corrected chi connectivity index (χ4v) is 3.37. The maximum absolute atomic E-state index is 12.1. The van der Waals surface area contributed by atoms with Gasteiger partial charge in [0.15, 0.2) is 5.82 Å². The highest BCUT2D eigenvalue weighted by molar-refractivity contribution is 6.30. The van der Waals surface area contributed by atoms with E-state index in [4.69, 9.17) is 16.1 Å². The highest BCUT2D eigenvalue weighted by Crippen LogP contribution is 2.27. The third-order valence-electron chi connectivity index (χ3n) is 4.92. The molecule has 2 aliphatic rings. The quantitative estimate of drug-likeness (QED) is 0.562. The summed E-state index contributed by atoms with van der Waals surface area (Å²) in [6.07, 6.45) is 8.66. The number of allylic oxidation sites excluding steroid dienone is 3. The topological polar surface area (TPSA) is 122 Å². The van der Waals surface area contributed by atoms with E-state index in [0.29, 0.717) is 48.5 Å². The minimum atomic E-state index is -0.371. The van der Waals surface area contributed by atoms with Crippen LogP contribution < -0.4 is 10.6 Å². The van der Waals surface area contributed by atoms with E-state index in [1.54, 1.807) is 18.2 Å². The molecule has 2 amide bonds. The summed E-state index contributed by atoms with van der Waals surface area (Å²) in [4.78, 5) is 28.2. The van der Waals surface area contributed by atoms with Gasteiger partial charge in [0.1, 0.15) is 0 Å². The average Bonchev–Trinajstić information content (AvgIpc) is 3.28. The molecule has 0 saturated heterocycles. The number of carbonyl (C=O) groups excluding carboxylic acids is 2. The Balaban J connectivity index is 1.16. The van der Waals surface area contributed by atoms with Crippen molar-refractivity contribution in [1.82, 2.24) is 20.8 Å². The second-order valence-electron chi connectivity index (χ2n) is 7.21. The lowest BCUT2D eigenvalue weighted by atomic mass is 9.93. The number of benzene rings is 1. The number of hydrogen-bond donors (Lipinski definition) is 2. The van der Waals surface area contributed by atoms with E-state index in [2.05, 4.69) is 31.0 Å². The molecule has 164 valence electrons. The zero-order valence-electron chi connectivity index (χ0n) is 17.1. The number of amides is 2. The lowest BCUT2D eigenvalue weighted by Crippen LogP contribution is -2.28. The molecule has 0 spiro atoms. The number of aromatic nitrogens is 2. The van der Waals surface area contributed by atoms with Crippen LogP contribution in [0.5, 0.6) is 0 Å². The summed E-state index contributed by atoms with van der Waals surface area (Å²) in [6, 6.07) is 7.12. The zero-order valence-corrected chi connectivity index (χ0v) is 17.9. The van der Waals surface area contributed by atoms with Crippen molar-refractivity contribution < 1.29 is 14.1 Å². The molecule has 32 heavy (non-hydrogen) atoms. The molecule has 0 saturated carbocycles. The molecule has 2 N–H and O–H groups in total. The number of azo groups is 1. The van der Waals surface area contributed by atoms with E-state index in [0.717, 1.165) is 11.1 Å². The third kappa shape index (κ3) is 5.36. The van der Waals surface area contributed by atoms with Crippen molar-refractivity contribution in [3.05, 3.63) is 70.9 Å².